The van der Waals surface area contributed by atoms with Crippen molar-refractivity contribution in [2.75, 3.05) is 7.11 Å². The Balaban J connectivity index is 1.47. The van der Waals surface area contributed by atoms with E-state index in [1.807, 2.05) is 29.6 Å². The van der Waals surface area contributed by atoms with Crippen LogP contribution < -0.4 is 4.74 Å². The summed E-state index contributed by atoms with van der Waals surface area (Å²) < 4.78 is 13.7. The molecule has 1 aliphatic rings. The molecule has 5 rings (SSSR count). The predicted molar refractivity (Wildman–Crippen MR) is 131 cm³/mol. The molecule has 0 N–H and O–H groups in total. The van der Waals surface area contributed by atoms with Crippen LogP contribution in [0.15, 0.2) is 51.4 Å². The van der Waals surface area contributed by atoms with Crippen LogP contribution in [0.2, 0.25) is 0 Å². The SMILES string of the molecule is COc1ccc(-c2nnc(S[C@H](C)c3nnc(-c4cccs4)o3)n2[C@@H]2CCCC[C@@H]2C)cc1. The number of benzene rings is 1. The van der Waals surface area contributed by atoms with Crippen molar-refractivity contribution in [1.82, 2.24) is 25.0 Å². The molecule has 0 spiro atoms. The fourth-order valence-electron chi connectivity index (χ4n) is 4.38. The number of thioether (sulfide) groups is 1. The minimum absolute atomic E-state index is 0.0447. The van der Waals surface area contributed by atoms with Crippen molar-refractivity contribution in [2.45, 2.75) is 56.0 Å². The van der Waals surface area contributed by atoms with Gasteiger partial charge in [-0.05, 0) is 61.4 Å². The van der Waals surface area contributed by atoms with Gasteiger partial charge < -0.3 is 9.15 Å². The van der Waals surface area contributed by atoms with Crippen molar-refractivity contribution in [3.63, 3.8) is 0 Å². The van der Waals surface area contributed by atoms with E-state index in [2.05, 4.69) is 50.9 Å². The smallest absolute Gasteiger partial charge is 0.257 e. The van der Waals surface area contributed by atoms with E-state index in [1.165, 1.54) is 19.3 Å². The molecule has 1 aromatic carbocycles. The Labute approximate surface area is 201 Å². The van der Waals surface area contributed by atoms with Crippen molar-refractivity contribution >= 4 is 23.1 Å². The molecule has 4 aromatic rings. The lowest BCUT2D eigenvalue weighted by molar-refractivity contribution is 0.247. The zero-order valence-electron chi connectivity index (χ0n) is 19.0. The number of aromatic nitrogens is 5. The molecule has 0 saturated heterocycles. The molecular formula is C24H27N5O2S2. The maximum atomic E-state index is 5.98. The molecule has 0 amide bonds. The van der Waals surface area contributed by atoms with E-state index in [0.717, 1.165) is 33.6 Å². The second-order valence-electron chi connectivity index (χ2n) is 8.42. The summed E-state index contributed by atoms with van der Waals surface area (Å²) in [6.07, 6.45) is 4.86. The topological polar surface area (TPSA) is 78.9 Å². The molecule has 3 atom stereocenters. The van der Waals surface area contributed by atoms with Crippen LogP contribution in [0.25, 0.3) is 22.2 Å². The van der Waals surface area contributed by atoms with Gasteiger partial charge in [0.15, 0.2) is 11.0 Å². The van der Waals surface area contributed by atoms with Gasteiger partial charge >= 0.3 is 0 Å². The Morgan fingerprint density at radius 1 is 1.09 bits per heavy atom. The standard InChI is InChI=1S/C24H27N5O2S2/c1-15-7-4-5-8-19(15)29-21(17-10-12-18(30-3)13-11-17)25-28-24(29)33-16(2)22-26-27-23(31-22)20-9-6-14-32-20/h6,9-16,19H,4-5,7-8H2,1-3H3/t15-,16+,19+/m0/s1. The van der Waals surface area contributed by atoms with Gasteiger partial charge in [0.25, 0.3) is 5.89 Å². The summed E-state index contributed by atoms with van der Waals surface area (Å²) in [7, 11) is 1.68. The van der Waals surface area contributed by atoms with Crippen LogP contribution in [-0.2, 0) is 0 Å². The molecule has 0 bridgehead atoms. The Bertz CT molecular complexity index is 1190. The number of hydrogen-bond donors (Lipinski definition) is 0. The van der Waals surface area contributed by atoms with Crippen LogP contribution in [0.5, 0.6) is 5.75 Å². The molecule has 9 heteroatoms. The van der Waals surface area contributed by atoms with E-state index in [4.69, 9.17) is 9.15 Å². The van der Waals surface area contributed by atoms with Gasteiger partial charge in [0.2, 0.25) is 5.89 Å². The highest BCUT2D eigenvalue weighted by molar-refractivity contribution is 7.99. The molecule has 33 heavy (non-hydrogen) atoms. The first-order chi connectivity index (χ1) is 16.1. The summed E-state index contributed by atoms with van der Waals surface area (Å²) >= 11 is 3.22. The number of hydrogen-bond acceptors (Lipinski definition) is 8. The van der Waals surface area contributed by atoms with Crippen molar-refractivity contribution in [1.29, 1.82) is 0 Å². The highest BCUT2D eigenvalue weighted by Gasteiger charge is 2.30. The molecular weight excluding hydrogens is 454 g/mol. The van der Waals surface area contributed by atoms with Crippen LogP contribution in [-0.4, -0.2) is 32.1 Å². The van der Waals surface area contributed by atoms with E-state index in [1.54, 1.807) is 30.2 Å². The maximum absolute atomic E-state index is 5.98. The summed E-state index contributed by atoms with van der Waals surface area (Å²) in [6.45, 7) is 4.41. The van der Waals surface area contributed by atoms with Crippen molar-refractivity contribution in [2.24, 2.45) is 5.92 Å². The average Bonchev–Trinajstić information content (AvgIpc) is 3.60. The number of methoxy groups -OCH3 is 1. The molecule has 3 heterocycles. The lowest BCUT2D eigenvalue weighted by atomic mass is 9.85. The van der Waals surface area contributed by atoms with E-state index in [0.29, 0.717) is 23.7 Å². The number of nitrogens with zero attached hydrogens (tertiary/aromatic N) is 5. The maximum Gasteiger partial charge on any atom is 0.257 e. The third-order valence-electron chi connectivity index (χ3n) is 6.21. The fraction of sp³-hybridized carbons (Fsp3) is 0.417. The van der Waals surface area contributed by atoms with Gasteiger partial charge in [-0.15, -0.1) is 31.7 Å². The zero-order valence-corrected chi connectivity index (χ0v) is 20.6. The van der Waals surface area contributed by atoms with Gasteiger partial charge in [-0.25, -0.2) is 0 Å². The van der Waals surface area contributed by atoms with Gasteiger partial charge in [0, 0.05) is 11.6 Å². The lowest BCUT2D eigenvalue weighted by Gasteiger charge is -2.31. The van der Waals surface area contributed by atoms with E-state index >= 15 is 0 Å². The van der Waals surface area contributed by atoms with Crippen molar-refractivity contribution in [3.05, 3.63) is 47.7 Å². The van der Waals surface area contributed by atoms with Crippen LogP contribution >= 0.6 is 23.1 Å². The summed E-state index contributed by atoms with van der Waals surface area (Å²) in [5.41, 5.74) is 1.04. The van der Waals surface area contributed by atoms with Crippen LogP contribution in [0.1, 0.15) is 56.7 Å². The molecule has 1 saturated carbocycles. The minimum Gasteiger partial charge on any atom is -0.497 e. The fourth-order valence-corrected chi connectivity index (χ4v) is 5.96. The zero-order chi connectivity index (χ0) is 22.8. The highest BCUT2D eigenvalue weighted by atomic mass is 32.2. The second-order valence-corrected chi connectivity index (χ2v) is 10.7. The molecule has 0 unspecified atom stereocenters. The monoisotopic (exact) mass is 481 g/mol. The Morgan fingerprint density at radius 2 is 1.91 bits per heavy atom. The summed E-state index contributed by atoms with van der Waals surface area (Å²) in [4.78, 5) is 0.979. The summed E-state index contributed by atoms with van der Waals surface area (Å²) in [5, 5.41) is 20.7. The second kappa shape index (κ2) is 9.69. The highest BCUT2D eigenvalue weighted by Crippen LogP contribution is 2.42. The molecule has 0 radical (unpaired) electrons. The number of ether oxygens (including phenoxy) is 1. The van der Waals surface area contributed by atoms with E-state index in [9.17, 15) is 0 Å². The third-order valence-corrected chi connectivity index (χ3v) is 8.12. The Hall–Kier alpha value is -2.65. The Morgan fingerprint density at radius 3 is 2.64 bits per heavy atom. The molecule has 172 valence electrons. The summed E-state index contributed by atoms with van der Waals surface area (Å²) in [6, 6.07) is 12.4. The van der Waals surface area contributed by atoms with Gasteiger partial charge in [-0.1, -0.05) is 37.6 Å². The van der Waals surface area contributed by atoms with E-state index < -0.39 is 0 Å². The first-order valence-corrected chi connectivity index (χ1v) is 13.0. The molecule has 0 aliphatic heterocycles. The average molecular weight is 482 g/mol. The van der Waals surface area contributed by atoms with Crippen LogP contribution in [0, 0.1) is 5.92 Å². The molecule has 1 aliphatic carbocycles. The van der Waals surface area contributed by atoms with Gasteiger partial charge in [-0.3, -0.25) is 4.57 Å². The van der Waals surface area contributed by atoms with Crippen LogP contribution in [0.3, 0.4) is 0 Å². The first kappa shape index (κ1) is 22.2. The number of rotatable bonds is 7. The molecule has 1 fully saturated rings. The van der Waals surface area contributed by atoms with Crippen LogP contribution in [0.4, 0.5) is 0 Å². The largest absolute Gasteiger partial charge is 0.497 e. The first-order valence-electron chi connectivity index (χ1n) is 11.3. The quantitative estimate of drug-likeness (QED) is 0.273. The van der Waals surface area contributed by atoms with E-state index in [-0.39, 0.29) is 5.25 Å². The van der Waals surface area contributed by atoms with Gasteiger partial charge in [0.1, 0.15) is 5.75 Å². The Kier molecular flexibility index (Phi) is 6.50. The van der Waals surface area contributed by atoms with Crippen molar-refractivity contribution < 1.29 is 9.15 Å². The molecule has 7 nitrogen and oxygen atoms in total. The normalized spacial score (nSPS) is 19.5. The van der Waals surface area contributed by atoms with Crippen molar-refractivity contribution in [3.8, 4) is 27.9 Å². The lowest BCUT2D eigenvalue weighted by Crippen LogP contribution is -2.22. The summed E-state index contributed by atoms with van der Waals surface area (Å²) in [5.74, 6) is 3.46. The third kappa shape index (κ3) is 4.56. The molecule has 3 aromatic heterocycles. The van der Waals surface area contributed by atoms with Gasteiger partial charge in [0.05, 0.1) is 17.2 Å². The minimum atomic E-state index is -0.0447. The van der Waals surface area contributed by atoms with Gasteiger partial charge in [-0.2, -0.15) is 0 Å². The number of thiophene rings is 1. The predicted octanol–water partition coefficient (Wildman–Crippen LogP) is 6.67.